The first-order chi connectivity index (χ1) is 9.56. The van der Waals surface area contributed by atoms with Gasteiger partial charge < -0.3 is 11.1 Å². The molecule has 1 aromatic rings. The monoisotopic (exact) mass is 297 g/mol. The molecule has 0 heterocycles. The van der Waals surface area contributed by atoms with E-state index < -0.39 is 10.0 Å². The summed E-state index contributed by atoms with van der Waals surface area (Å²) in [6, 6.07) is 7.13. The lowest BCUT2D eigenvalue weighted by atomic mass is 10.1. The van der Waals surface area contributed by atoms with Crippen molar-refractivity contribution >= 4 is 15.7 Å². The Labute approximate surface area is 121 Å². The molecule has 2 rings (SSSR count). The SMILES string of the molecule is CCCNS(=O)(=O)c1ccc(NC(CN)C2CC2)cc1. The van der Waals surface area contributed by atoms with E-state index in [0.29, 0.717) is 23.9 Å². The van der Waals surface area contributed by atoms with E-state index in [1.54, 1.807) is 24.3 Å². The first-order valence-corrected chi connectivity index (χ1v) is 8.61. The molecular weight excluding hydrogens is 274 g/mol. The Morgan fingerprint density at radius 2 is 1.95 bits per heavy atom. The summed E-state index contributed by atoms with van der Waals surface area (Å²) in [5.41, 5.74) is 6.67. The molecule has 6 heteroatoms. The van der Waals surface area contributed by atoms with E-state index in [1.165, 1.54) is 12.8 Å². The number of anilines is 1. The lowest BCUT2D eigenvalue weighted by Gasteiger charge is -2.17. The highest BCUT2D eigenvalue weighted by Crippen LogP contribution is 2.33. The largest absolute Gasteiger partial charge is 0.381 e. The van der Waals surface area contributed by atoms with Crippen molar-refractivity contribution in [1.82, 2.24) is 4.72 Å². The van der Waals surface area contributed by atoms with Crippen molar-refractivity contribution in [1.29, 1.82) is 0 Å². The zero-order valence-electron chi connectivity index (χ0n) is 11.8. The Hall–Kier alpha value is -1.11. The van der Waals surface area contributed by atoms with Crippen LogP contribution in [0.5, 0.6) is 0 Å². The fourth-order valence-electron chi connectivity index (χ4n) is 2.13. The van der Waals surface area contributed by atoms with E-state index in [4.69, 9.17) is 5.73 Å². The average molecular weight is 297 g/mol. The molecule has 1 aliphatic carbocycles. The predicted molar refractivity (Wildman–Crippen MR) is 81.1 cm³/mol. The molecule has 5 nitrogen and oxygen atoms in total. The Morgan fingerprint density at radius 3 is 2.45 bits per heavy atom. The molecule has 0 saturated heterocycles. The molecule has 0 aliphatic heterocycles. The van der Waals surface area contributed by atoms with Crippen LogP contribution in [0.15, 0.2) is 29.2 Å². The number of nitrogens with two attached hydrogens (primary N) is 1. The number of rotatable bonds is 8. The molecule has 0 spiro atoms. The first kappa shape index (κ1) is 15.3. The van der Waals surface area contributed by atoms with E-state index in [1.807, 2.05) is 6.92 Å². The topological polar surface area (TPSA) is 84.2 Å². The van der Waals surface area contributed by atoms with Gasteiger partial charge in [-0.05, 0) is 49.4 Å². The van der Waals surface area contributed by atoms with Crippen molar-refractivity contribution in [3.63, 3.8) is 0 Å². The van der Waals surface area contributed by atoms with Crippen LogP contribution in [0.4, 0.5) is 5.69 Å². The minimum absolute atomic E-state index is 0.288. The fraction of sp³-hybridized carbons (Fsp3) is 0.571. The Bertz CT molecular complexity index is 524. The molecule has 0 bridgehead atoms. The minimum atomic E-state index is -3.38. The molecule has 1 saturated carbocycles. The van der Waals surface area contributed by atoms with E-state index >= 15 is 0 Å². The summed E-state index contributed by atoms with van der Waals surface area (Å²) < 4.78 is 26.5. The number of benzene rings is 1. The van der Waals surface area contributed by atoms with Gasteiger partial charge in [-0.15, -0.1) is 0 Å². The van der Waals surface area contributed by atoms with Crippen molar-refractivity contribution in [2.75, 3.05) is 18.4 Å². The molecule has 20 heavy (non-hydrogen) atoms. The van der Waals surface area contributed by atoms with E-state index in [9.17, 15) is 8.42 Å². The van der Waals surface area contributed by atoms with Gasteiger partial charge in [0.05, 0.1) is 4.90 Å². The third-order valence-electron chi connectivity index (χ3n) is 3.50. The molecule has 4 N–H and O–H groups in total. The predicted octanol–water partition coefficient (Wildman–Crippen LogP) is 1.52. The molecule has 0 amide bonds. The molecular formula is C14H23N3O2S. The second kappa shape index (κ2) is 6.56. The van der Waals surface area contributed by atoms with E-state index in [0.717, 1.165) is 12.1 Å². The Kier molecular flexibility index (Phi) is 5.01. The summed E-state index contributed by atoms with van der Waals surface area (Å²) in [6.45, 7) is 2.99. The average Bonchev–Trinajstić information content (AvgIpc) is 3.27. The highest BCUT2D eigenvalue weighted by atomic mass is 32.2. The van der Waals surface area contributed by atoms with Gasteiger partial charge in [0.1, 0.15) is 0 Å². The molecule has 112 valence electrons. The summed E-state index contributed by atoms with van der Waals surface area (Å²) in [5.74, 6) is 0.662. The third-order valence-corrected chi connectivity index (χ3v) is 4.98. The summed E-state index contributed by atoms with van der Waals surface area (Å²) >= 11 is 0. The van der Waals surface area contributed by atoms with Gasteiger partial charge in [0.2, 0.25) is 10.0 Å². The molecule has 1 unspecified atom stereocenters. The fourth-order valence-corrected chi connectivity index (χ4v) is 3.27. The van der Waals surface area contributed by atoms with E-state index in [-0.39, 0.29) is 6.04 Å². The van der Waals surface area contributed by atoms with Crippen molar-refractivity contribution in [3.8, 4) is 0 Å². The molecule has 0 radical (unpaired) electrons. The zero-order chi connectivity index (χ0) is 14.6. The number of nitrogens with one attached hydrogen (secondary N) is 2. The van der Waals surface area contributed by atoms with Gasteiger partial charge in [-0.3, -0.25) is 0 Å². The van der Waals surface area contributed by atoms with Crippen LogP contribution in [0.25, 0.3) is 0 Å². The second-order valence-electron chi connectivity index (χ2n) is 5.25. The van der Waals surface area contributed by atoms with Crippen molar-refractivity contribution in [2.45, 2.75) is 37.1 Å². The summed E-state index contributed by atoms with van der Waals surface area (Å²) in [7, 11) is -3.38. The summed E-state index contributed by atoms with van der Waals surface area (Å²) in [6.07, 6.45) is 3.23. The lowest BCUT2D eigenvalue weighted by Crippen LogP contribution is -2.30. The van der Waals surface area contributed by atoms with Crippen molar-refractivity contribution in [2.24, 2.45) is 11.7 Å². The highest BCUT2D eigenvalue weighted by molar-refractivity contribution is 7.89. The quantitative estimate of drug-likeness (QED) is 0.679. The summed E-state index contributed by atoms with van der Waals surface area (Å²) in [4.78, 5) is 0.298. The molecule has 1 atom stereocenters. The van der Waals surface area contributed by atoms with Crippen LogP contribution in [0, 0.1) is 5.92 Å². The molecule has 1 aliphatic rings. The van der Waals surface area contributed by atoms with Gasteiger partial charge in [0.25, 0.3) is 0 Å². The van der Waals surface area contributed by atoms with Crippen LogP contribution in [0.1, 0.15) is 26.2 Å². The van der Waals surface area contributed by atoms with Gasteiger partial charge in [-0.1, -0.05) is 6.92 Å². The second-order valence-corrected chi connectivity index (χ2v) is 7.01. The maximum Gasteiger partial charge on any atom is 0.240 e. The van der Waals surface area contributed by atoms with Crippen LogP contribution in [0.3, 0.4) is 0 Å². The van der Waals surface area contributed by atoms with Crippen molar-refractivity contribution < 1.29 is 8.42 Å². The lowest BCUT2D eigenvalue weighted by molar-refractivity contribution is 0.581. The van der Waals surface area contributed by atoms with Gasteiger partial charge >= 0.3 is 0 Å². The van der Waals surface area contributed by atoms with Gasteiger partial charge in [-0.25, -0.2) is 13.1 Å². The van der Waals surface area contributed by atoms with Crippen LogP contribution < -0.4 is 15.8 Å². The maximum atomic E-state index is 11.9. The molecule has 0 aromatic heterocycles. The van der Waals surface area contributed by atoms with Gasteiger partial charge in [0.15, 0.2) is 0 Å². The smallest absolute Gasteiger partial charge is 0.240 e. The maximum absolute atomic E-state index is 11.9. The third kappa shape index (κ3) is 3.94. The van der Waals surface area contributed by atoms with Gasteiger partial charge in [-0.2, -0.15) is 0 Å². The number of hydrogen-bond acceptors (Lipinski definition) is 4. The Balaban J connectivity index is 2.02. The number of sulfonamides is 1. The van der Waals surface area contributed by atoms with E-state index in [2.05, 4.69) is 10.0 Å². The standard InChI is InChI=1S/C14H23N3O2S/c1-2-9-16-20(18,19)13-7-5-12(6-8-13)17-14(10-15)11-3-4-11/h5-8,11,14,16-17H,2-4,9-10,15H2,1H3. The van der Waals surface area contributed by atoms with Crippen molar-refractivity contribution in [3.05, 3.63) is 24.3 Å². The van der Waals surface area contributed by atoms with Crippen LogP contribution in [-0.2, 0) is 10.0 Å². The van der Waals surface area contributed by atoms with Crippen LogP contribution >= 0.6 is 0 Å². The van der Waals surface area contributed by atoms with Crippen LogP contribution in [0.2, 0.25) is 0 Å². The minimum Gasteiger partial charge on any atom is -0.381 e. The normalized spacial score (nSPS) is 16.9. The Morgan fingerprint density at radius 1 is 1.30 bits per heavy atom. The molecule has 1 aromatic carbocycles. The first-order valence-electron chi connectivity index (χ1n) is 7.13. The van der Waals surface area contributed by atoms with Crippen LogP contribution in [-0.4, -0.2) is 27.5 Å². The number of hydrogen-bond donors (Lipinski definition) is 3. The highest BCUT2D eigenvalue weighted by Gasteiger charge is 2.30. The molecule has 1 fully saturated rings. The van der Waals surface area contributed by atoms with Gasteiger partial charge in [0, 0.05) is 24.8 Å². The summed E-state index contributed by atoms with van der Waals surface area (Å²) in [5, 5.41) is 3.37. The zero-order valence-corrected chi connectivity index (χ0v) is 12.6.